The lowest BCUT2D eigenvalue weighted by atomic mass is 10.1. The second-order valence-corrected chi connectivity index (χ2v) is 4.59. The fourth-order valence-electron chi connectivity index (χ4n) is 1.67. The number of hydrogen-bond donors (Lipinski definition) is 0. The summed E-state index contributed by atoms with van der Waals surface area (Å²) in [6.07, 6.45) is 2.56. The summed E-state index contributed by atoms with van der Waals surface area (Å²) in [6, 6.07) is 4.05. The van der Waals surface area contributed by atoms with Crippen molar-refractivity contribution in [1.82, 2.24) is 4.98 Å². The highest BCUT2D eigenvalue weighted by atomic mass is 35.5. The van der Waals surface area contributed by atoms with E-state index in [-0.39, 0.29) is 11.5 Å². The third kappa shape index (κ3) is 3.17. The second-order valence-electron chi connectivity index (χ2n) is 4.03. The summed E-state index contributed by atoms with van der Waals surface area (Å²) in [6.45, 7) is 3.91. The number of aryl methyl sites for hydroxylation is 1. The molecule has 3 nitrogen and oxygen atoms in total. The maximum Gasteiger partial charge on any atom is 0.0976 e. The van der Waals surface area contributed by atoms with E-state index in [9.17, 15) is 0 Å². The Bertz CT molecular complexity index is 322. The molecule has 2 heterocycles. The number of aromatic nitrogens is 1. The molecule has 1 aromatic heterocycles. The van der Waals surface area contributed by atoms with Crippen molar-refractivity contribution in [2.45, 2.75) is 24.8 Å². The maximum absolute atomic E-state index is 6.29. The van der Waals surface area contributed by atoms with Gasteiger partial charge in [0.15, 0.2) is 0 Å². The van der Waals surface area contributed by atoms with Gasteiger partial charge in [-0.25, -0.2) is 0 Å². The third-order valence-electron chi connectivity index (χ3n) is 2.62. The zero-order chi connectivity index (χ0) is 11.4. The van der Waals surface area contributed by atoms with Gasteiger partial charge in [0.1, 0.15) is 0 Å². The minimum absolute atomic E-state index is 0.0153. The van der Waals surface area contributed by atoms with Crippen molar-refractivity contribution in [1.29, 1.82) is 0 Å². The Labute approximate surface area is 101 Å². The van der Waals surface area contributed by atoms with Crippen LogP contribution in [0.3, 0.4) is 0 Å². The third-order valence-corrected chi connectivity index (χ3v) is 3.06. The highest BCUT2D eigenvalue weighted by Crippen LogP contribution is 2.16. The van der Waals surface area contributed by atoms with Crippen LogP contribution in [-0.2, 0) is 15.9 Å². The van der Waals surface area contributed by atoms with Crippen LogP contribution in [-0.4, -0.2) is 36.3 Å². The van der Waals surface area contributed by atoms with Crippen LogP contribution >= 0.6 is 11.6 Å². The monoisotopic (exact) mass is 241 g/mol. The lowest BCUT2D eigenvalue weighted by Crippen LogP contribution is -2.36. The SMILES string of the molecule is Cc1ccc(CC(Cl)C2COCCO2)nc1. The molecule has 4 heteroatoms. The highest BCUT2D eigenvalue weighted by molar-refractivity contribution is 6.21. The molecular weight excluding hydrogens is 226 g/mol. The van der Waals surface area contributed by atoms with Crippen molar-refractivity contribution in [2.75, 3.05) is 19.8 Å². The molecule has 1 saturated heterocycles. The van der Waals surface area contributed by atoms with E-state index in [1.165, 1.54) is 0 Å². The van der Waals surface area contributed by atoms with E-state index in [1.54, 1.807) is 0 Å². The zero-order valence-corrected chi connectivity index (χ0v) is 10.1. The van der Waals surface area contributed by atoms with Gasteiger partial charge < -0.3 is 9.47 Å². The summed E-state index contributed by atoms with van der Waals surface area (Å²) < 4.78 is 10.9. The summed E-state index contributed by atoms with van der Waals surface area (Å²) in [5.74, 6) is 0. The number of rotatable bonds is 3. The minimum Gasteiger partial charge on any atom is -0.376 e. The van der Waals surface area contributed by atoms with Crippen LogP contribution in [0.1, 0.15) is 11.3 Å². The van der Waals surface area contributed by atoms with E-state index in [0.29, 0.717) is 19.8 Å². The molecule has 1 aromatic rings. The Kier molecular flexibility index (Phi) is 4.16. The molecule has 16 heavy (non-hydrogen) atoms. The molecule has 0 N–H and O–H groups in total. The van der Waals surface area contributed by atoms with Crippen LogP contribution < -0.4 is 0 Å². The van der Waals surface area contributed by atoms with Crippen LogP contribution in [0, 0.1) is 6.92 Å². The summed E-state index contributed by atoms with van der Waals surface area (Å²) in [5.41, 5.74) is 2.16. The fourth-order valence-corrected chi connectivity index (χ4v) is 1.97. The van der Waals surface area contributed by atoms with Crippen molar-refractivity contribution < 1.29 is 9.47 Å². The molecule has 2 atom stereocenters. The van der Waals surface area contributed by atoms with Gasteiger partial charge in [0.2, 0.25) is 0 Å². The van der Waals surface area contributed by atoms with E-state index in [0.717, 1.165) is 17.7 Å². The van der Waals surface area contributed by atoms with E-state index in [2.05, 4.69) is 4.98 Å². The van der Waals surface area contributed by atoms with Crippen LogP contribution in [0.2, 0.25) is 0 Å². The first-order valence-corrected chi connectivity index (χ1v) is 5.94. The molecule has 1 fully saturated rings. The van der Waals surface area contributed by atoms with Gasteiger partial charge in [-0.2, -0.15) is 0 Å². The van der Waals surface area contributed by atoms with Crippen LogP contribution in [0.15, 0.2) is 18.3 Å². The van der Waals surface area contributed by atoms with Gasteiger partial charge in [-0.05, 0) is 18.6 Å². The normalized spacial score (nSPS) is 23.0. The molecule has 0 radical (unpaired) electrons. The summed E-state index contributed by atoms with van der Waals surface area (Å²) in [7, 11) is 0. The van der Waals surface area contributed by atoms with Gasteiger partial charge in [-0.15, -0.1) is 11.6 Å². The standard InChI is InChI=1S/C12H16ClNO2/c1-9-2-3-10(14-7-9)6-11(13)12-8-15-4-5-16-12/h2-3,7,11-12H,4-6,8H2,1H3. The number of nitrogens with zero attached hydrogens (tertiary/aromatic N) is 1. The average Bonchev–Trinajstić information content (AvgIpc) is 2.33. The fraction of sp³-hybridized carbons (Fsp3) is 0.583. The maximum atomic E-state index is 6.29. The number of alkyl halides is 1. The molecule has 2 rings (SSSR count). The molecule has 0 saturated carbocycles. The highest BCUT2D eigenvalue weighted by Gasteiger charge is 2.23. The van der Waals surface area contributed by atoms with Crippen molar-refractivity contribution in [3.05, 3.63) is 29.6 Å². The lowest BCUT2D eigenvalue weighted by Gasteiger charge is -2.26. The smallest absolute Gasteiger partial charge is 0.0976 e. The van der Waals surface area contributed by atoms with Gasteiger partial charge in [-0.1, -0.05) is 6.07 Å². The molecule has 88 valence electrons. The van der Waals surface area contributed by atoms with Gasteiger partial charge in [0, 0.05) is 18.3 Å². The van der Waals surface area contributed by atoms with E-state index in [4.69, 9.17) is 21.1 Å². The van der Waals surface area contributed by atoms with Crippen molar-refractivity contribution in [3.63, 3.8) is 0 Å². The zero-order valence-electron chi connectivity index (χ0n) is 9.36. The minimum atomic E-state index is -0.0736. The number of ether oxygens (including phenoxy) is 2. The molecule has 1 aliphatic heterocycles. The summed E-state index contributed by atoms with van der Waals surface area (Å²) >= 11 is 6.29. The van der Waals surface area contributed by atoms with E-state index in [1.807, 2.05) is 25.3 Å². The van der Waals surface area contributed by atoms with Crippen molar-refractivity contribution in [2.24, 2.45) is 0 Å². The van der Waals surface area contributed by atoms with Crippen LogP contribution in [0.25, 0.3) is 0 Å². The van der Waals surface area contributed by atoms with Crippen LogP contribution in [0.4, 0.5) is 0 Å². The van der Waals surface area contributed by atoms with Gasteiger partial charge in [0.05, 0.1) is 31.3 Å². The van der Waals surface area contributed by atoms with E-state index >= 15 is 0 Å². The predicted octanol–water partition coefficient (Wildman–Crippen LogP) is 1.96. The first-order chi connectivity index (χ1) is 7.75. The molecule has 0 bridgehead atoms. The summed E-state index contributed by atoms with van der Waals surface area (Å²) in [4.78, 5) is 4.33. The van der Waals surface area contributed by atoms with Crippen molar-refractivity contribution >= 4 is 11.6 Å². The summed E-state index contributed by atoms with van der Waals surface area (Å²) in [5, 5.41) is -0.0736. The molecule has 0 aromatic carbocycles. The number of hydrogen-bond acceptors (Lipinski definition) is 3. The first-order valence-electron chi connectivity index (χ1n) is 5.50. The van der Waals surface area contributed by atoms with Gasteiger partial charge in [-0.3, -0.25) is 4.98 Å². The molecule has 0 amide bonds. The lowest BCUT2D eigenvalue weighted by molar-refractivity contribution is -0.0887. The van der Waals surface area contributed by atoms with Gasteiger partial charge >= 0.3 is 0 Å². The van der Waals surface area contributed by atoms with Gasteiger partial charge in [0.25, 0.3) is 0 Å². The van der Waals surface area contributed by atoms with Crippen LogP contribution in [0.5, 0.6) is 0 Å². The molecule has 1 aliphatic rings. The molecule has 2 unspecified atom stereocenters. The Morgan fingerprint density at radius 1 is 1.50 bits per heavy atom. The second kappa shape index (κ2) is 5.62. The van der Waals surface area contributed by atoms with Crippen molar-refractivity contribution in [3.8, 4) is 0 Å². The molecule has 0 spiro atoms. The Morgan fingerprint density at radius 2 is 2.38 bits per heavy atom. The molecular formula is C12H16ClNO2. The Balaban J connectivity index is 1.90. The number of pyridine rings is 1. The van der Waals surface area contributed by atoms with E-state index < -0.39 is 0 Å². The average molecular weight is 242 g/mol. The quantitative estimate of drug-likeness (QED) is 0.758. The Hall–Kier alpha value is -0.640. The first kappa shape index (κ1) is 11.8. The predicted molar refractivity (Wildman–Crippen MR) is 62.9 cm³/mol. The largest absolute Gasteiger partial charge is 0.376 e. The Morgan fingerprint density at radius 3 is 3.00 bits per heavy atom. The number of halogens is 1. The molecule has 0 aliphatic carbocycles. The topological polar surface area (TPSA) is 31.4 Å².